The summed E-state index contributed by atoms with van der Waals surface area (Å²) in [6.45, 7) is 0. The number of hydrogen-bond donors (Lipinski definition) is 2. The first kappa shape index (κ1) is 45.0. The molecular formula is C36H37Cl3N8O8. The van der Waals surface area contributed by atoms with E-state index < -0.39 is 9.85 Å². The molecule has 0 amide bonds. The average Bonchev–Trinajstić information content (AvgIpc) is 3.18. The number of hydrogen-bond acceptors (Lipinski definition) is 12. The Labute approximate surface area is 334 Å². The average molecular weight is 816 g/mol. The maximum atomic E-state index is 11.2. The van der Waals surface area contributed by atoms with Crippen molar-refractivity contribution in [3.05, 3.63) is 135 Å². The molecule has 19 heteroatoms. The normalized spacial score (nSPS) is 9.71. The van der Waals surface area contributed by atoms with Gasteiger partial charge in [-0.3, -0.25) is 25.5 Å². The van der Waals surface area contributed by atoms with Crippen LogP contribution in [0, 0.1) is 20.2 Å². The van der Waals surface area contributed by atoms with Crippen LogP contribution in [0.3, 0.4) is 0 Å². The highest BCUT2D eigenvalue weighted by atomic mass is 35.5. The summed E-state index contributed by atoms with van der Waals surface area (Å²) in [5.41, 5.74) is 7.88. The number of para-hydroxylation sites is 2. The van der Waals surface area contributed by atoms with Crippen LogP contribution in [0.5, 0.6) is 23.0 Å². The summed E-state index contributed by atoms with van der Waals surface area (Å²) in [5, 5.41) is 23.8. The lowest BCUT2D eigenvalue weighted by Gasteiger charge is -2.08. The van der Waals surface area contributed by atoms with Gasteiger partial charge in [-0.2, -0.15) is 4.98 Å². The minimum atomic E-state index is -0.493. The summed E-state index contributed by atoms with van der Waals surface area (Å²) in [4.78, 5) is 37.1. The second-order valence-electron chi connectivity index (χ2n) is 10.6. The van der Waals surface area contributed by atoms with Crippen LogP contribution in [0.1, 0.15) is 1.43 Å². The molecule has 290 valence electrons. The molecule has 5 N–H and O–H groups in total. The Morgan fingerprint density at radius 2 is 1.09 bits per heavy atom. The van der Waals surface area contributed by atoms with Crippen LogP contribution < -0.4 is 54.8 Å². The Morgan fingerprint density at radius 3 is 1.60 bits per heavy atom. The van der Waals surface area contributed by atoms with E-state index in [4.69, 9.17) is 30.5 Å². The summed E-state index contributed by atoms with van der Waals surface area (Å²) in [6.07, 6.45) is 2.88. The molecule has 55 heavy (non-hydrogen) atoms. The van der Waals surface area contributed by atoms with Gasteiger partial charge < -0.3 is 49.5 Å². The third-order valence-electron chi connectivity index (χ3n) is 7.24. The molecule has 2 aromatic heterocycles. The number of nitro benzene ring substituents is 2. The predicted octanol–water partition coefficient (Wildman–Crippen LogP) is 0.132. The van der Waals surface area contributed by atoms with Crippen molar-refractivity contribution < 1.29 is 66.1 Å². The lowest BCUT2D eigenvalue weighted by Crippen LogP contribution is -3.00. The lowest BCUT2D eigenvalue weighted by atomic mass is 10.1. The topological polar surface area (TPSA) is 219 Å². The molecule has 0 unspecified atom stereocenters. The summed E-state index contributed by atoms with van der Waals surface area (Å²) in [5.74, 6) is 2.57. The molecule has 0 aliphatic rings. The van der Waals surface area contributed by atoms with Gasteiger partial charge in [0.15, 0.2) is 11.5 Å². The van der Waals surface area contributed by atoms with Gasteiger partial charge in [-0.1, -0.05) is 35.9 Å². The molecule has 0 aliphatic carbocycles. The SMILES string of the molecule is COc1ccc([NH3+])cc1[N+](=O)[O-].COc1ccccc1-c1cc(Cl)ncn1.COc1ccccc1-c1cc([NH2+]c2ccc(OC)c([N+](=O)[O-])c2)ncn1.[Cl-].[Cl-].[HH]. The molecular weight excluding hydrogens is 779 g/mol. The van der Waals surface area contributed by atoms with Crippen molar-refractivity contribution in [2.75, 3.05) is 28.4 Å². The maximum Gasteiger partial charge on any atom is 0.316 e. The highest BCUT2D eigenvalue weighted by Crippen LogP contribution is 2.31. The molecule has 2 heterocycles. The van der Waals surface area contributed by atoms with Crippen LogP contribution in [0.25, 0.3) is 22.5 Å². The number of rotatable bonds is 10. The zero-order valence-electron chi connectivity index (χ0n) is 29.8. The van der Waals surface area contributed by atoms with Crippen LogP contribution in [0.4, 0.5) is 28.6 Å². The third-order valence-corrected chi connectivity index (χ3v) is 7.45. The number of methoxy groups -OCH3 is 4. The molecule has 16 nitrogen and oxygen atoms in total. The van der Waals surface area contributed by atoms with Gasteiger partial charge in [-0.25, -0.2) is 15.0 Å². The smallest absolute Gasteiger partial charge is 0.316 e. The van der Waals surface area contributed by atoms with Crippen molar-refractivity contribution in [2.45, 2.75) is 0 Å². The summed E-state index contributed by atoms with van der Waals surface area (Å²) in [7, 11) is 6.02. The van der Waals surface area contributed by atoms with Gasteiger partial charge in [0.1, 0.15) is 40.7 Å². The summed E-state index contributed by atoms with van der Waals surface area (Å²) < 4.78 is 20.4. The number of aromatic nitrogens is 4. The lowest BCUT2D eigenvalue weighted by molar-refractivity contribution is -0.483. The molecule has 6 aromatic rings. The maximum absolute atomic E-state index is 11.2. The Morgan fingerprint density at radius 1 is 0.618 bits per heavy atom. The highest BCUT2D eigenvalue weighted by molar-refractivity contribution is 6.29. The second-order valence-corrected chi connectivity index (χ2v) is 10.9. The number of ether oxygens (including phenoxy) is 4. The second kappa shape index (κ2) is 22.1. The summed E-state index contributed by atoms with van der Waals surface area (Å²) in [6, 6.07) is 28.0. The van der Waals surface area contributed by atoms with Crippen molar-refractivity contribution >= 4 is 40.2 Å². The molecule has 0 radical (unpaired) electrons. The fourth-order valence-corrected chi connectivity index (χ4v) is 4.93. The summed E-state index contributed by atoms with van der Waals surface area (Å²) >= 11 is 5.80. The highest BCUT2D eigenvalue weighted by Gasteiger charge is 2.18. The Bertz CT molecular complexity index is 2210. The standard InChI is InChI=1S/C18H16N4O4.C11H9ClN2O.C7H8N2O3.2ClH.H2/c1-25-16-6-4-3-5-13(16)14-10-18(20-11-19-14)21-12-7-8-17(26-2)15(9-12)22(23)24;1-15-10-5-3-2-4-8(10)9-6-11(12)14-7-13-9;1-12-7-3-2-5(8)4-6(7)9(10)11;;;/h3-11H,1-2H3,(H,19,20,21);2-7H,1H3;2-4H,8H2,1H3;3*1H. The van der Waals surface area contributed by atoms with Crippen molar-refractivity contribution in [2.24, 2.45) is 0 Å². The molecule has 0 fully saturated rings. The van der Waals surface area contributed by atoms with E-state index in [0.717, 1.165) is 22.6 Å². The molecule has 4 aromatic carbocycles. The number of nitrogens with zero attached hydrogens (tertiary/aromatic N) is 6. The van der Waals surface area contributed by atoms with Gasteiger partial charge >= 0.3 is 11.4 Å². The van der Waals surface area contributed by atoms with E-state index in [-0.39, 0.29) is 49.1 Å². The Balaban J connectivity index is 0.000000447. The number of nitrogens with two attached hydrogens (primary N) is 1. The number of benzene rings is 4. The van der Waals surface area contributed by atoms with E-state index in [1.54, 1.807) is 49.9 Å². The van der Waals surface area contributed by atoms with Crippen molar-refractivity contribution in [1.29, 1.82) is 0 Å². The van der Waals surface area contributed by atoms with Crippen molar-refractivity contribution in [3.63, 3.8) is 0 Å². The van der Waals surface area contributed by atoms with Crippen molar-refractivity contribution in [3.8, 4) is 45.5 Å². The van der Waals surface area contributed by atoms with Crippen molar-refractivity contribution in [1.82, 2.24) is 19.9 Å². The minimum absolute atomic E-state index is 0. The predicted molar refractivity (Wildman–Crippen MR) is 198 cm³/mol. The Hall–Kier alpha value is -6.17. The Kier molecular flexibility index (Phi) is 18.1. The van der Waals surface area contributed by atoms with Crippen LogP contribution in [0.15, 0.2) is 110 Å². The number of halogens is 3. The molecule has 0 spiro atoms. The molecule has 0 atom stereocenters. The molecule has 0 aliphatic heterocycles. The molecule has 0 saturated carbocycles. The number of quaternary nitrogens is 2. The largest absolute Gasteiger partial charge is 1.00 e. The quantitative estimate of drug-likeness (QED) is 0.0817. The zero-order chi connectivity index (χ0) is 38.3. The van der Waals surface area contributed by atoms with Gasteiger partial charge in [0.25, 0.3) is 0 Å². The van der Waals surface area contributed by atoms with Gasteiger partial charge in [-0.15, -0.1) is 0 Å². The first-order valence-electron chi connectivity index (χ1n) is 15.5. The zero-order valence-corrected chi connectivity index (χ0v) is 32.0. The van der Waals surface area contributed by atoms with Crippen LogP contribution in [0.2, 0.25) is 5.15 Å². The molecule has 6 rings (SSSR count). The third kappa shape index (κ3) is 12.4. The molecule has 0 bridgehead atoms. The van der Waals surface area contributed by atoms with E-state index in [2.05, 4.69) is 25.7 Å². The van der Waals surface area contributed by atoms with E-state index >= 15 is 0 Å². The first-order valence-corrected chi connectivity index (χ1v) is 15.8. The minimum Gasteiger partial charge on any atom is -1.00 e. The van der Waals surface area contributed by atoms with Crippen LogP contribution in [-0.2, 0) is 0 Å². The first-order chi connectivity index (χ1) is 25.6. The van der Waals surface area contributed by atoms with Gasteiger partial charge in [0, 0.05) is 36.8 Å². The van der Waals surface area contributed by atoms with E-state index in [1.807, 2.05) is 48.5 Å². The fraction of sp³-hybridized carbons (Fsp3) is 0.111. The van der Waals surface area contributed by atoms with Gasteiger partial charge in [0.2, 0.25) is 5.82 Å². The van der Waals surface area contributed by atoms with Crippen LogP contribution >= 0.6 is 11.6 Å². The molecule has 0 saturated heterocycles. The monoisotopic (exact) mass is 814 g/mol. The van der Waals surface area contributed by atoms with Gasteiger partial charge in [-0.05, 0) is 36.4 Å². The fourth-order valence-electron chi connectivity index (χ4n) is 4.78. The van der Waals surface area contributed by atoms with Gasteiger partial charge in [0.05, 0.1) is 61.8 Å². The van der Waals surface area contributed by atoms with E-state index in [0.29, 0.717) is 33.8 Å². The van der Waals surface area contributed by atoms with E-state index in [1.165, 1.54) is 45.1 Å². The number of nitro groups is 2. The van der Waals surface area contributed by atoms with Crippen LogP contribution in [-0.4, -0.2) is 58.2 Å². The van der Waals surface area contributed by atoms with E-state index in [9.17, 15) is 20.2 Å².